The summed E-state index contributed by atoms with van der Waals surface area (Å²) in [4.78, 5) is 13.6. The van der Waals surface area contributed by atoms with Gasteiger partial charge in [-0.3, -0.25) is 4.79 Å². The molecule has 0 spiro atoms. The largest absolute Gasteiger partial charge is 0.492 e. The van der Waals surface area contributed by atoms with Crippen LogP contribution in [0.3, 0.4) is 0 Å². The van der Waals surface area contributed by atoms with Crippen LogP contribution in [0.15, 0.2) is 18.2 Å². The number of ether oxygens (including phenoxy) is 1. The molecule has 1 amide bonds. The summed E-state index contributed by atoms with van der Waals surface area (Å²) in [5.41, 5.74) is 0.633. The normalized spacial score (nSPS) is 18.8. The zero-order valence-corrected chi connectivity index (χ0v) is 14.4. The van der Waals surface area contributed by atoms with Crippen molar-refractivity contribution in [1.82, 2.24) is 0 Å². The third-order valence-corrected chi connectivity index (χ3v) is 4.87. The fourth-order valence-electron chi connectivity index (χ4n) is 2.41. The van der Waals surface area contributed by atoms with Crippen molar-refractivity contribution in [3.8, 4) is 5.75 Å². The molecule has 0 aliphatic carbocycles. The highest BCUT2D eigenvalue weighted by molar-refractivity contribution is 8.13. The number of carbonyl (C=O) groups is 1. The van der Waals surface area contributed by atoms with Gasteiger partial charge in [0, 0.05) is 35.3 Å². The zero-order chi connectivity index (χ0) is 16.3. The molecular weight excluding hydrogens is 349 g/mol. The van der Waals surface area contributed by atoms with Crippen LogP contribution in [0.25, 0.3) is 0 Å². The number of rotatable bonds is 6. The molecule has 0 N–H and O–H groups in total. The van der Waals surface area contributed by atoms with Gasteiger partial charge >= 0.3 is 0 Å². The second kappa shape index (κ2) is 7.06. The Balaban J connectivity index is 2.11. The molecular formula is C14H17Cl2NO4S. The molecule has 1 aromatic rings. The van der Waals surface area contributed by atoms with Crippen molar-refractivity contribution in [3.05, 3.63) is 23.2 Å². The lowest BCUT2D eigenvalue weighted by molar-refractivity contribution is -0.117. The average molecular weight is 366 g/mol. The van der Waals surface area contributed by atoms with E-state index in [1.807, 2.05) is 6.92 Å². The summed E-state index contributed by atoms with van der Waals surface area (Å²) in [6.45, 7) is 2.88. The van der Waals surface area contributed by atoms with Gasteiger partial charge in [0.1, 0.15) is 5.75 Å². The van der Waals surface area contributed by atoms with Crippen molar-refractivity contribution in [2.75, 3.05) is 23.8 Å². The number of hydrogen-bond donors (Lipinski definition) is 0. The fourth-order valence-corrected chi connectivity index (χ4v) is 3.96. The van der Waals surface area contributed by atoms with Crippen LogP contribution in [-0.4, -0.2) is 33.2 Å². The summed E-state index contributed by atoms with van der Waals surface area (Å²) in [7, 11) is 1.64. The van der Waals surface area contributed by atoms with Crippen LogP contribution in [-0.2, 0) is 13.8 Å². The summed E-state index contributed by atoms with van der Waals surface area (Å²) in [5, 5.41) is 0.423. The van der Waals surface area contributed by atoms with E-state index in [2.05, 4.69) is 0 Å². The van der Waals surface area contributed by atoms with Crippen molar-refractivity contribution >= 4 is 42.9 Å². The Bertz CT molecular complexity index is 663. The first kappa shape index (κ1) is 17.4. The minimum atomic E-state index is -3.61. The predicted octanol–water partition coefficient (Wildman–Crippen LogP) is 3.05. The molecule has 122 valence electrons. The van der Waals surface area contributed by atoms with E-state index in [0.29, 0.717) is 29.6 Å². The quantitative estimate of drug-likeness (QED) is 0.726. The molecule has 1 aliphatic rings. The van der Waals surface area contributed by atoms with E-state index >= 15 is 0 Å². The van der Waals surface area contributed by atoms with Crippen LogP contribution in [0.2, 0.25) is 5.02 Å². The van der Waals surface area contributed by atoms with Gasteiger partial charge in [0.15, 0.2) is 0 Å². The van der Waals surface area contributed by atoms with E-state index in [9.17, 15) is 13.2 Å². The van der Waals surface area contributed by atoms with E-state index in [4.69, 9.17) is 27.0 Å². The molecule has 1 atom stereocenters. The second-order valence-corrected chi connectivity index (χ2v) is 8.47. The Kier molecular flexibility index (Phi) is 5.58. The first-order chi connectivity index (χ1) is 10.3. The Labute approximate surface area is 139 Å². The first-order valence-electron chi connectivity index (χ1n) is 6.95. The van der Waals surface area contributed by atoms with Gasteiger partial charge in [-0.15, -0.1) is 0 Å². The number of carbonyl (C=O) groups excluding carboxylic acids is 1. The summed E-state index contributed by atoms with van der Waals surface area (Å²) in [6.07, 6.45) is 1.04. The van der Waals surface area contributed by atoms with Crippen LogP contribution in [0.1, 0.15) is 19.8 Å². The van der Waals surface area contributed by atoms with E-state index < -0.39 is 9.05 Å². The molecule has 1 fully saturated rings. The highest BCUT2D eigenvalue weighted by Gasteiger charge is 2.33. The number of nitrogens with zero attached hydrogens (tertiary/aromatic N) is 1. The molecule has 8 heteroatoms. The van der Waals surface area contributed by atoms with E-state index in [0.717, 1.165) is 6.42 Å². The lowest BCUT2D eigenvalue weighted by Gasteiger charge is -2.18. The summed E-state index contributed by atoms with van der Waals surface area (Å²) >= 11 is 6.15. The van der Waals surface area contributed by atoms with E-state index in [-0.39, 0.29) is 24.0 Å². The Morgan fingerprint density at radius 2 is 2.14 bits per heavy atom. The maximum Gasteiger partial charge on any atom is 0.232 e. The molecule has 0 radical (unpaired) electrons. The van der Waals surface area contributed by atoms with Gasteiger partial charge in [-0.25, -0.2) is 8.42 Å². The minimum Gasteiger partial charge on any atom is -0.492 e. The highest BCUT2D eigenvalue weighted by atomic mass is 35.7. The van der Waals surface area contributed by atoms with Crippen molar-refractivity contribution in [3.63, 3.8) is 0 Å². The molecule has 1 saturated heterocycles. The maximum atomic E-state index is 12.1. The summed E-state index contributed by atoms with van der Waals surface area (Å²) in [5.74, 6) is -0.0745. The molecule has 1 heterocycles. The topological polar surface area (TPSA) is 63.7 Å². The molecule has 2 rings (SSSR count). The van der Waals surface area contributed by atoms with Crippen molar-refractivity contribution in [1.29, 1.82) is 0 Å². The number of amides is 1. The Morgan fingerprint density at radius 3 is 2.73 bits per heavy atom. The molecule has 22 heavy (non-hydrogen) atoms. The van der Waals surface area contributed by atoms with Crippen molar-refractivity contribution in [2.24, 2.45) is 5.92 Å². The predicted molar refractivity (Wildman–Crippen MR) is 87.3 cm³/mol. The smallest absolute Gasteiger partial charge is 0.232 e. The highest BCUT2D eigenvalue weighted by Crippen LogP contribution is 2.33. The zero-order valence-electron chi connectivity index (χ0n) is 12.1. The first-order valence-corrected chi connectivity index (χ1v) is 9.81. The van der Waals surface area contributed by atoms with E-state index in [1.54, 1.807) is 18.2 Å². The van der Waals surface area contributed by atoms with Crippen LogP contribution in [0, 0.1) is 5.92 Å². The van der Waals surface area contributed by atoms with Crippen LogP contribution >= 0.6 is 22.3 Å². The van der Waals surface area contributed by atoms with Crippen LogP contribution < -0.4 is 9.64 Å². The summed E-state index contributed by atoms with van der Waals surface area (Å²) < 4.78 is 27.8. The minimum absolute atomic E-state index is 0.136. The van der Waals surface area contributed by atoms with Gasteiger partial charge in [-0.2, -0.15) is 0 Å². The van der Waals surface area contributed by atoms with Gasteiger partial charge in [-0.1, -0.05) is 18.5 Å². The van der Waals surface area contributed by atoms with Gasteiger partial charge < -0.3 is 9.64 Å². The molecule has 1 aliphatic heterocycles. The maximum absolute atomic E-state index is 12.1. The number of benzene rings is 1. The lowest BCUT2D eigenvalue weighted by Crippen LogP contribution is -2.25. The van der Waals surface area contributed by atoms with E-state index in [1.165, 1.54) is 4.90 Å². The van der Waals surface area contributed by atoms with Crippen LogP contribution in [0.4, 0.5) is 5.69 Å². The second-order valence-electron chi connectivity index (χ2n) is 5.24. The number of hydrogen-bond acceptors (Lipinski definition) is 4. The Hall–Kier alpha value is -0.980. The van der Waals surface area contributed by atoms with Crippen molar-refractivity contribution in [2.45, 2.75) is 19.8 Å². The summed E-state index contributed by atoms with van der Waals surface area (Å²) in [6, 6.07) is 5.11. The van der Waals surface area contributed by atoms with Gasteiger partial charge in [0.2, 0.25) is 15.0 Å². The third kappa shape index (κ3) is 4.51. The number of halogens is 2. The molecule has 0 saturated carbocycles. The molecule has 5 nitrogen and oxygen atoms in total. The molecule has 1 unspecified atom stereocenters. The lowest BCUT2D eigenvalue weighted by atomic mass is 10.1. The molecule has 0 bridgehead atoms. The van der Waals surface area contributed by atoms with Gasteiger partial charge in [0.25, 0.3) is 0 Å². The average Bonchev–Trinajstić information content (AvgIpc) is 2.75. The molecule has 1 aromatic carbocycles. The molecule has 0 aromatic heterocycles. The van der Waals surface area contributed by atoms with Crippen LogP contribution in [0.5, 0.6) is 5.75 Å². The standard InChI is InChI=1S/C14H17Cl2NO4S/c1-2-5-21-13-4-3-11(7-12(13)15)17-8-10(6-14(17)18)9-22(16,19)20/h3-4,7,10H,2,5-6,8-9H2,1H3. The fraction of sp³-hybridized carbons (Fsp3) is 0.500. The van der Waals surface area contributed by atoms with Crippen molar-refractivity contribution < 1.29 is 17.9 Å². The van der Waals surface area contributed by atoms with Gasteiger partial charge in [0.05, 0.1) is 17.4 Å². The Morgan fingerprint density at radius 1 is 1.41 bits per heavy atom. The van der Waals surface area contributed by atoms with Gasteiger partial charge in [-0.05, 0) is 24.6 Å². The third-order valence-electron chi connectivity index (χ3n) is 3.33. The SMILES string of the molecule is CCCOc1ccc(N2CC(CS(=O)(=O)Cl)CC2=O)cc1Cl. The number of anilines is 1. The monoisotopic (exact) mass is 365 g/mol.